The Kier molecular flexibility index (Phi) is 3.23. The Hall–Kier alpha value is 0.0500. The highest BCUT2D eigenvalue weighted by molar-refractivity contribution is 7.99. The van der Waals surface area contributed by atoms with Crippen molar-refractivity contribution in [1.82, 2.24) is 5.32 Å². The second-order valence-electron chi connectivity index (χ2n) is 5.17. The van der Waals surface area contributed by atoms with E-state index in [9.17, 15) is 0 Å². The molecule has 0 aromatic rings. The van der Waals surface area contributed by atoms with Crippen LogP contribution in [0.4, 0.5) is 0 Å². The molecule has 2 rings (SSSR count). The first kappa shape index (κ1) is 10.6. The molecule has 1 atom stereocenters. The Balaban J connectivity index is 1.88. The third kappa shape index (κ3) is 2.34. The van der Waals surface area contributed by atoms with E-state index in [1.165, 1.54) is 30.8 Å². The Morgan fingerprint density at radius 1 is 1.29 bits per heavy atom. The Morgan fingerprint density at radius 2 is 2.00 bits per heavy atom. The third-order valence-corrected chi connectivity index (χ3v) is 4.63. The van der Waals surface area contributed by atoms with Gasteiger partial charge in [-0.25, -0.2) is 0 Å². The Bertz CT molecular complexity index is 214. The smallest absolute Gasteiger partial charge is 0.0212 e. The standard InChI is InChI=1S/C12H21NS/c1-12(2)7-8-14-9-11(12)13-10-5-3-4-6-10/h3-4,10-11,13H,5-9H2,1-2H3. The largest absolute Gasteiger partial charge is 0.309 e. The summed E-state index contributed by atoms with van der Waals surface area (Å²) in [6.45, 7) is 4.82. The van der Waals surface area contributed by atoms with Crippen LogP contribution in [0.1, 0.15) is 33.1 Å². The molecule has 2 heteroatoms. The van der Waals surface area contributed by atoms with Gasteiger partial charge in [-0.1, -0.05) is 26.0 Å². The van der Waals surface area contributed by atoms with Crippen molar-refractivity contribution in [3.05, 3.63) is 12.2 Å². The normalized spacial score (nSPS) is 32.3. The molecule has 2 aliphatic rings. The second-order valence-corrected chi connectivity index (χ2v) is 6.32. The molecule has 0 amide bonds. The SMILES string of the molecule is CC1(C)CCSCC1NC1CC=CC1. The van der Waals surface area contributed by atoms with Crippen LogP contribution in [0.25, 0.3) is 0 Å². The molecule has 0 aromatic heterocycles. The van der Waals surface area contributed by atoms with Crippen molar-refractivity contribution < 1.29 is 0 Å². The molecular weight excluding hydrogens is 190 g/mol. The summed E-state index contributed by atoms with van der Waals surface area (Å²) in [5.74, 6) is 2.64. The molecule has 0 aromatic carbocycles. The van der Waals surface area contributed by atoms with Crippen LogP contribution in [0, 0.1) is 5.41 Å². The molecule has 0 spiro atoms. The van der Waals surface area contributed by atoms with Crippen LogP contribution in [0.15, 0.2) is 12.2 Å². The average Bonchev–Trinajstić information content (AvgIpc) is 2.61. The van der Waals surface area contributed by atoms with Crippen molar-refractivity contribution in [1.29, 1.82) is 0 Å². The molecule has 80 valence electrons. The first-order valence-electron chi connectivity index (χ1n) is 5.67. The van der Waals surface area contributed by atoms with Crippen molar-refractivity contribution in [2.75, 3.05) is 11.5 Å². The molecule has 1 aliphatic carbocycles. The van der Waals surface area contributed by atoms with Crippen molar-refractivity contribution >= 4 is 11.8 Å². The lowest BCUT2D eigenvalue weighted by Gasteiger charge is -2.40. The van der Waals surface area contributed by atoms with E-state index in [1.807, 2.05) is 0 Å². The van der Waals surface area contributed by atoms with Gasteiger partial charge in [0.1, 0.15) is 0 Å². The summed E-state index contributed by atoms with van der Waals surface area (Å²) in [5, 5.41) is 3.82. The van der Waals surface area contributed by atoms with E-state index in [0.717, 1.165) is 6.04 Å². The summed E-state index contributed by atoms with van der Waals surface area (Å²) in [6.07, 6.45) is 8.44. The van der Waals surface area contributed by atoms with Gasteiger partial charge in [0.15, 0.2) is 0 Å². The van der Waals surface area contributed by atoms with E-state index in [1.54, 1.807) is 0 Å². The van der Waals surface area contributed by atoms with E-state index in [2.05, 4.69) is 43.1 Å². The van der Waals surface area contributed by atoms with Gasteiger partial charge < -0.3 is 5.32 Å². The van der Waals surface area contributed by atoms with Gasteiger partial charge >= 0.3 is 0 Å². The summed E-state index contributed by atoms with van der Waals surface area (Å²) in [5.41, 5.74) is 0.494. The maximum Gasteiger partial charge on any atom is 0.0212 e. The fourth-order valence-corrected chi connectivity index (χ4v) is 3.87. The zero-order valence-electron chi connectivity index (χ0n) is 9.25. The van der Waals surface area contributed by atoms with Crippen LogP contribution in [-0.2, 0) is 0 Å². The highest BCUT2D eigenvalue weighted by Gasteiger charge is 2.33. The first-order valence-corrected chi connectivity index (χ1v) is 6.83. The third-order valence-electron chi connectivity index (χ3n) is 3.56. The van der Waals surface area contributed by atoms with Gasteiger partial charge in [0, 0.05) is 17.8 Å². The van der Waals surface area contributed by atoms with Crippen molar-refractivity contribution in [3.63, 3.8) is 0 Å². The summed E-state index contributed by atoms with van der Waals surface area (Å²) >= 11 is 2.11. The van der Waals surface area contributed by atoms with Crippen LogP contribution in [0.5, 0.6) is 0 Å². The minimum atomic E-state index is 0.494. The molecule has 1 heterocycles. The highest BCUT2D eigenvalue weighted by atomic mass is 32.2. The highest BCUT2D eigenvalue weighted by Crippen LogP contribution is 2.34. The fraction of sp³-hybridized carbons (Fsp3) is 0.833. The van der Waals surface area contributed by atoms with Crippen LogP contribution in [0.3, 0.4) is 0 Å². The van der Waals surface area contributed by atoms with Crippen LogP contribution in [0.2, 0.25) is 0 Å². The van der Waals surface area contributed by atoms with Gasteiger partial charge in [-0.15, -0.1) is 0 Å². The lowest BCUT2D eigenvalue weighted by molar-refractivity contribution is 0.229. The van der Waals surface area contributed by atoms with Gasteiger partial charge in [-0.05, 0) is 30.4 Å². The molecule has 1 aliphatic heterocycles. The Labute approximate surface area is 91.7 Å². The number of rotatable bonds is 2. The van der Waals surface area contributed by atoms with Gasteiger partial charge in [0.2, 0.25) is 0 Å². The molecule has 1 saturated heterocycles. The summed E-state index contributed by atoms with van der Waals surface area (Å²) in [7, 11) is 0. The van der Waals surface area contributed by atoms with Crippen LogP contribution >= 0.6 is 11.8 Å². The number of nitrogens with one attached hydrogen (secondary N) is 1. The van der Waals surface area contributed by atoms with Crippen LogP contribution < -0.4 is 5.32 Å². The van der Waals surface area contributed by atoms with Crippen molar-refractivity contribution in [3.8, 4) is 0 Å². The topological polar surface area (TPSA) is 12.0 Å². The molecule has 0 radical (unpaired) electrons. The van der Waals surface area contributed by atoms with Gasteiger partial charge in [-0.2, -0.15) is 11.8 Å². The van der Waals surface area contributed by atoms with Crippen molar-refractivity contribution in [2.45, 2.75) is 45.2 Å². The minimum Gasteiger partial charge on any atom is -0.309 e. The minimum absolute atomic E-state index is 0.494. The van der Waals surface area contributed by atoms with E-state index in [-0.39, 0.29) is 0 Å². The zero-order valence-corrected chi connectivity index (χ0v) is 10.1. The van der Waals surface area contributed by atoms with E-state index < -0.39 is 0 Å². The monoisotopic (exact) mass is 211 g/mol. The fourth-order valence-electron chi connectivity index (χ4n) is 2.25. The summed E-state index contributed by atoms with van der Waals surface area (Å²) in [4.78, 5) is 0. The van der Waals surface area contributed by atoms with E-state index in [0.29, 0.717) is 11.5 Å². The lowest BCUT2D eigenvalue weighted by Crippen LogP contribution is -2.50. The molecule has 0 bridgehead atoms. The molecule has 1 fully saturated rings. The molecule has 1 nitrogen and oxygen atoms in total. The van der Waals surface area contributed by atoms with E-state index >= 15 is 0 Å². The maximum absolute atomic E-state index is 3.82. The maximum atomic E-state index is 3.82. The van der Waals surface area contributed by atoms with Crippen LogP contribution in [-0.4, -0.2) is 23.6 Å². The average molecular weight is 211 g/mol. The summed E-state index contributed by atoms with van der Waals surface area (Å²) in [6, 6.07) is 1.43. The quantitative estimate of drug-likeness (QED) is 0.705. The number of hydrogen-bond donors (Lipinski definition) is 1. The molecule has 14 heavy (non-hydrogen) atoms. The number of thioether (sulfide) groups is 1. The number of hydrogen-bond acceptors (Lipinski definition) is 2. The summed E-state index contributed by atoms with van der Waals surface area (Å²) < 4.78 is 0. The van der Waals surface area contributed by atoms with Gasteiger partial charge in [-0.3, -0.25) is 0 Å². The molecule has 1 unspecified atom stereocenters. The predicted octanol–water partition coefficient (Wildman–Crippen LogP) is 2.83. The molecule has 0 saturated carbocycles. The van der Waals surface area contributed by atoms with Gasteiger partial charge in [0.05, 0.1) is 0 Å². The second kappa shape index (κ2) is 4.28. The first-order chi connectivity index (χ1) is 6.68. The molecule has 1 N–H and O–H groups in total. The van der Waals surface area contributed by atoms with Gasteiger partial charge in [0.25, 0.3) is 0 Å². The van der Waals surface area contributed by atoms with Crippen molar-refractivity contribution in [2.24, 2.45) is 5.41 Å². The predicted molar refractivity (Wildman–Crippen MR) is 64.8 cm³/mol. The Morgan fingerprint density at radius 3 is 2.64 bits per heavy atom. The van der Waals surface area contributed by atoms with E-state index in [4.69, 9.17) is 0 Å². The molecular formula is C12H21NS. The lowest BCUT2D eigenvalue weighted by atomic mass is 9.82. The zero-order chi connectivity index (χ0) is 10.0.